The fourth-order valence-electron chi connectivity index (χ4n) is 2.18. The number of ether oxygens (including phenoxy) is 1. The Hall–Kier alpha value is -2.23. The molecule has 0 aliphatic heterocycles. The molecule has 0 aliphatic rings. The van der Waals surface area contributed by atoms with Crippen LogP contribution in [0.1, 0.15) is 30.5 Å². The van der Waals surface area contributed by atoms with Gasteiger partial charge < -0.3 is 10.5 Å². The van der Waals surface area contributed by atoms with E-state index in [9.17, 15) is 0 Å². The number of nitrogens with zero attached hydrogens (tertiary/aromatic N) is 1. The second-order valence-corrected chi connectivity index (χ2v) is 5.18. The molecule has 3 heteroatoms. The van der Waals surface area contributed by atoms with Gasteiger partial charge in [-0.2, -0.15) is 0 Å². The minimum Gasteiger partial charge on any atom is -0.359 e. The van der Waals surface area contributed by atoms with E-state index in [0.29, 0.717) is 6.61 Å². The molecule has 2 rings (SSSR count). The van der Waals surface area contributed by atoms with E-state index in [1.165, 1.54) is 0 Å². The maximum atomic E-state index is 5.66. The van der Waals surface area contributed by atoms with Gasteiger partial charge in [0, 0.05) is 11.3 Å². The lowest BCUT2D eigenvalue weighted by Gasteiger charge is -2.12. The Balaban J connectivity index is 2.23. The van der Waals surface area contributed by atoms with Crippen molar-refractivity contribution in [2.24, 2.45) is 10.7 Å². The highest BCUT2D eigenvalue weighted by Crippen LogP contribution is 2.17. The fourth-order valence-corrected chi connectivity index (χ4v) is 2.18. The van der Waals surface area contributed by atoms with E-state index in [1.54, 1.807) is 0 Å². The Kier molecular flexibility index (Phi) is 5.64. The van der Waals surface area contributed by atoms with Crippen LogP contribution in [0.5, 0.6) is 0 Å². The third-order valence-electron chi connectivity index (χ3n) is 3.32. The maximum absolute atomic E-state index is 5.66. The van der Waals surface area contributed by atoms with Crippen LogP contribution in [0.3, 0.4) is 0 Å². The summed E-state index contributed by atoms with van der Waals surface area (Å²) in [5, 5.41) is 0. The van der Waals surface area contributed by atoms with Gasteiger partial charge in [-0.3, -0.25) is 4.99 Å². The molecule has 0 amide bonds. The zero-order valence-electron chi connectivity index (χ0n) is 13.1. The molecule has 2 N–H and O–H groups in total. The quantitative estimate of drug-likeness (QED) is 0.647. The minimum absolute atomic E-state index is 0.287. The predicted molar refractivity (Wildman–Crippen MR) is 92.6 cm³/mol. The highest BCUT2D eigenvalue weighted by atomic mass is 16.5. The standard InChI is InChI=1S/C19H22N2O/c1-14(17-9-5-4-6-10-17)21-15(2)19-12-8-7-11-18(19)13-22-16(3)20/h4-12,16H,1,13,20H2,2-3H3. The van der Waals surface area contributed by atoms with Gasteiger partial charge in [0.15, 0.2) is 0 Å². The molecular weight excluding hydrogens is 272 g/mol. The van der Waals surface area contributed by atoms with Gasteiger partial charge in [0.25, 0.3) is 0 Å². The van der Waals surface area contributed by atoms with Crippen LogP contribution in [0, 0.1) is 0 Å². The van der Waals surface area contributed by atoms with Crippen molar-refractivity contribution in [3.8, 4) is 0 Å². The topological polar surface area (TPSA) is 47.6 Å². The van der Waals surface area contributed by atoms with E-state index >= 15 is 0 Å². The summed E-state index contributed by atoms with van der Waals surface area (Å²) in [6, 6.07) is 18.0. The molecule has 0 heterocycles. The number of benzene rings is 2. The molecule has 1 atom stereocenters. The molecule has 0 fully saturated rings. The molecule has 1 unspecified atom stereocenters. The second kappa shape index (κ2) is 7.69. The average molecular weight is 294 g/mol. The van der Waals surface area contributed by atoms with Crippen LogP contribution in [-0.2, 0) is 11.3 Å². The van der Waals surface area contributed by atoms with Crippen LogP contribution in [0.25, 0.3) is 5.70 Å². The van der Waals surface area contributed by atoms with E-state index in [-0.39, 0.29) is 6.23 Å². The molecule has 0 bridgehead atoms. The Morgan fingerprint density at radius 3 is 2.45 bits per heavy atom. The summed E-state index contributed by atoms with van der Waals surface area (Å²) in [5.41, 5.74) is 10.5. The summed E-state index contributed by atoms with van der Waals surface area (Å²) in [7, 11) is 0. The van der Waals surface area contributed by atoms with Gasteiger partial charge >= 0.3 is 0 Å². The highest BCUT2D eigenvalue weighted by Gasteiger charge is 2.07. The molecule has 114 valence electrons. The summed E-state index contributed by atoms with van der Waals surface area (Å²) in [4.78, 5) is 4.64. The van der Waals surface area contributed by atoms with Crippen molar-refractivity contribution in [1.29, 1.82) is 0 Å². The Morgan fingerprint density at radius 2 is 1.77 bits per heavy atom. The molecule has 0 aliphatic carbocycles. The van der Waals surface area contributed by atoms with Crippen LogP contribution < -0.4 is 5.73 Å². The lowest BCUT2D eigenvalue weighted by Crippen LogP contribution is -2.19. The predicted octanol–water partition coefficient (Wildman–Crippen LogP) is 3.99. The van der Waals surface area contributed by atoms with Crippen molar-refractivity contribution in [2.45, 2.75) is 26.7 Å². The lowest BCUT2D eigenvalue weighted by molar-refractivity contribution is 0.0576. The number of aliphatic imine (C=N–C) groups is 1. The zero-order valence-corrected chi connectivity index (χ0v) is 13.1. The van der Waals surface area contributed by atoms with Gasteiger partial charge in [-0.25, -0.2) is 0 Å². The van der Waals surface area contributed by atoms with Crippen molar-refractivity contribution in [3.05, 3.63) is 77.9 Å². The Labute approximate surface area is 132 Å². The highest BCUT2D eigenvalue weighted by molar-refractivity contribution is 6.02. The first-order chi connectivity index (χ1) is 10.6. The fraction of sp³-hybridized carbons (Fsp3) is 0.211. The molecule has 0 aromatic heterocycles. The van der Waals surface area contributed by atoms with Crippen LogP contribution in [0.15, 0.2) is 66.2 Å². The van der Waals surface area contributed by atoms with Gasteiger partial charge in [0.05, 0.1) is 12.3 Å². The largest absolute Gasteiger partial charge is 0.359 e. The summed E-state index contributed by atoms with van der Waals surface area (Å²) >= 11 is 0. The van der Waals surface area contributed by atoms with Crippen LogP contribution in [0.4, 0.5) is 0 Å². The number of hydrogen-bond donors (Lipinski definition) is 1. The first-order valence-corrected chi connectivity index (χ1v) is 7.33. The Morgan fingerprint density at radius 1 is 1.14 bits per heavy atom. The molecular formula is C19H22N2O. The average Bonchev–Trinajstić information content (AvgIpc) is 2.54. The van der Waals surface area contributed by atoms with Crippen LogP contribution in [-0.4, -0.2) is 11.9 Å². The minimum atomic E-state index is -0.287. The third-order valence-corrected chi connectivity index (χ3v) is 3.32. The van der Waals surface area contributed by atoms with Gasteiger partial charge in [0.2, 0.25) is 0 Å². The molecule has 2 aromatic rings. The molecule has 22 heavy (non-hydrogen) atoms. The second-order valence-electron chi connectivity index (χ2n) is 5.18. The molecule has 3 nitrogen and oxygen atoms in total. The van der Waals surface area contributed by atoms with Crippen LogP contribution >= 0.6 is 0 Å². The summed E-state index contributed by atoms with van der Waals surface area (Å²) in [6.45, 7) is 8.33. The zero-order chi connectivity index (χ0) is 15.9. The molecule has 0 saturated carbocycles. The van der Waals surface area contributed by atoms with E-state index in [2.05, 4.69) is 11.6 Å². The van der Waals surface area contributed by atoms with Gasteiger partial charge in [0.1, 0.15) is 6.23 Å². The first kappa shape index (κ1) is 16.1. The van der Waals surface area contributed by atoms with Crippen LogP contribution in [0.2, 0.25) is 0 Å². The SMILES string of the molecule is C=C(N=C(C)c1ccccc1COC(C)N)c1ccccc1. The van der Waals surface area contributed by atoms with Crippen molar-refractivity contribution >= 4 is 11.4 Å². The van der Waals surface area contributed by atoms with E-state index in [4.69, 9.17) is 10.5 Å². The van der Waals surface area contributed by atoms with E-state index in [0.717, 1.165) is 28.1 Å². The maximum Gasteiger partial charge on any atom is 0.103 e. The van der Waals surface area contributed by atoms with Crippen molar-refractivity contribution in [3.63, 3.8) is 0 Å². The molecule has 0 saturated heterocycles. The van der Waals surface area contributed by atoms with Gasteiger partial charge in [-0.1, -0.05) is 61.2 Å². The number of hydrogen-bond acceptors (Lipinski definition) is 3. The summed E-state index contributed by atoms with van der Waals surface area (Å²) in [6.07, 6.45) is -0.287. The monoisotopic (exact) mass is 294 g/mol. The lowest BCUT2D eigenvalue weighted by atomic mass is 10.0. The van der Waals surface area contributed by atoms with E-state index < -0.39 is 0 Å². The Bertz CT molecular complexity index is 660. The summed E-state index contributed by atoms with van der Waals surface area (Å²) < 4.78 is 5.51. The summed E-state index contributed by atoms with van der Waals surface area (Å²) in [5.74, 6) is 0. The van der Waals surface area contributed by atoms with Gasteiger partial charge in [-0.15, -0.1) is 0 Å². The normalized spacial score (nSPS) is 13.0. The molecule has 2 aromatic carbocycles. The van der Waals surface area contributed by atoms with E-state index in [1.807, 2.05) is 68.4 Å². The third kappa shape index (κ3) is 4.38. The molecule has 0 spiro atoms. The smallest absolute Gasteiger partial charge is 0.103 e. The van der Waals surface area contributed by atoms with Crippen molar-refractivity contribution < 1.29 is 4.74 Å². The first-order valence-electron chi connectivity index (χ1n) is 7.33. The van der Waals surface area contributed by atoms with Crippen molar-refractivity contribution in [2.75, 3.05) is 0 Å². The molecule has 0 radical (unpaired) electrons. The van der Waals surface area contributed by atoms with Crippen molar-refractivity contribution in [1.82, 2.24) is 0 Å². The number of nitrogens with two attached hydrogens (primary N) is 1. The van der Waals surface area contributed by atoms with Gasteiger partial charge in [-0.05, 0) is 25.0 Å². The number of rotatable bonds is 6.